The van der Waals surface area contributed by atoms with Gasteiger partial charge in [0.15, 0.2) is 11.5 Å². The van der Waals surface area contributed by atoms with Crippen molar-refractivity contribution >= 4 is 11.9 Å². The second kappa shape index (κ2) is 18.6. The predicted octanol–water partition coefficient (Wildman–Crippen LogP) is 5.69. The normalized spacial score (nSPS) is 18.0. The Balaban J connectivity index is 0.000000627. The van der Waals surface area contributed by atoms with Crippen molar-refractivity contribution in [3.05, 3.63) is 107 Å². The van der Waals surface area contributed by atoms with E-state index in [2.05, 4.69) is 28.9 Å². The van der Waals surface area contributed by atoms with Gasteiger partial charge < -0.3 is 34.1 Å². The summed E-state index contributed by atoms with van der Waals surface area (Å²) < 4.78 is 51.1. The quantitative estimate of drug-likeness (QED) is 0.204. The van der Waals surface area contributed by atoms with Crippen molar-refractivity contribution in [3.63, 3.8) is 0 Å². The van der Waals surface area contributed by atoms with Gasteiger partial charge >= 0.3 is 11.9 Å². The molecule has 0 radical (unpaired) electrons. The zero-order chi connectivity index (χ0) is 36.1. The molecule has 3 aromatic carbocycles. The van der Waals surface area contributed by atoms with Crippen molar-refractivity contribution in [2.45, 2.75) is 37.9 Å². The number of ether oxygens (including phenoxy) is 4. The topological polar surface area (TPSA) is 118 Å². The highest BCUT2D eigenvalue weighted by molar-refractivity contribution is 5.89. The molecule has 2 aliphatic rings. The molecule has 2 heterocycles. The van der Waals surface area contributed by atoms with Crippen LogP contribution in [0.1, 0.15) is 48.1 Å². The van der Waals surface area contributed by atoms with Crippen LogP contribution in [-0.4, -0.2) is 98.7 Å². The SMILES string of the molecule is CCC1(CCN2CCN(CCOC(c3ccc(F)cc3)c3ccc(F)cc3)CC2)OCCc2cc(OC)c(OC)cc21.O=C(O)/C=C\C(=O)O. The molecule has 1 atom stereocenters. The van der Waals surface area contributed by atoms with Gasteiger partial charge in [0.2, 0.25) is 0 Å². The minimum atomic E-state index is -1.26. The molecule has 5 rings (SSSR count). The molecule has 0 spiro atoms. The molecule has 3 aromatic rings. The number of benzene rings is 3. The van der Waals surface area contributed by atoms with E-state index in [0.29, 0.717) is 25.4 Å². The molecular weight excluding hydrogens is 650 g/mol. The number of halogens is 2. The van der Waals surface area contributed by atoms with Gasteiger partial charge in [0, 0.05) is 51.4 Å². The standard InChI is InChI=1S/C34H42F2N2O4.C4H4O4/c1-4-34(30-24-32(40-3)31(39-2)23-27(30)13-21-42-34)14-15-37-16-18-38(19-17-37)20-22-41-33(25-5-9-28(35)10-6-25)26-7-11-29(36)12-8-26;5-3(6)1-2-4(7)8/h5-12,23-24,33H,4,13-22H2,1-3H3;1-2H,(H,5,6)(H,7,8)/b;2-1-. The first kappa shape index (κ1) is 38.4. The second-order valence-electron chi connectivity index (χ2n) is 12.1. The maximum Gasteiger partial charge on any atom is 0.328 e. The van der Waals surface area contributed by atoms with E-state index in [0.717, 1.165) is 81.2 Å². The van der Waals surface area contributed by atoms with E-state index in [4.69, 9.17) is 29.2 Å². The van der Waals surface area contributed by atoms with Gasteiger partial charge in [-0.15, -0.1) is 0 Å². The number of carbonyl (C=O) groups is 2. The maximum atomic E-state index is 13.5. The molecule has 2 aliphatic heterocycles. The molecule has 0 aromatic heterocycles. The minimum absolute atomic E-state index is 0.293. The van der Waals surface area contributed by atoms with Gasteiger partial charge in [0.05, 0.1) is 33.0 Å². The highest BCUT2D eigenvalue weighted by atomic mass is 19.1. The number of aliphatic carboxylic acids is 2. The fourth-order valence-electron chi connectivity index (χ4n) is 6.34. The summed E-state index contributed by atoms with van der Waals surface area (Å²) in [5.41, 5.74) is 3.88. The molecule has 10 nitrogen and oxygen atoms in total. The van der Waals surface area contributed by atoms with E-state index in [1.54, 1.807) is 38.5 Å². The third-order valence-corrected chi connectivity index (χ3v) is 9.12. The van der Waals surface area contributed by atoms with Crippen molar-refractivity contribution in [1.29, 1.82) is 0 Å². The minimum Gasteiger partial charge on any atom is -0.493 e. The number of piperazine rings is 1. The highest BCUT2D eigenvalue weighted by Gasteiger charge is 2.38. The summed E-state index contributed by atoms with van der Waals surface area (Å²) in [5.74, 6) is -1.58. The number of nitrogens with zero attached hydrogens (tertiary/aromatic N) is 2. The lowest BCUT2D eigenvalue weighted by atomic mass is 9.81. The molecule has 12 heteroatoms. The first-order valence-electron chi connectivity index (χ1n) is 16.7. The molecule has 1 fully saturated rings. The molecule has 1 unspecified atom stereocenters. The van der Waals surface area contributed by atoms with Crippen LogP contribution < -0.4 is 9.47 Å². The largest absolute Gasteiger partial charge is 0.493 e. The number of rotatable bonds is 14. The molecule has 0 aliphatic carbocycles. The molecule has 270 valence electrons. The van der Waals surface area contributed by atoms with Gasteiger partial charge in [-0.3, -0.25) is 4.90 Å². The molecule has 50 heavy (non-hydrogen) atoms. The van der Waals surface area contributed by atoms with Crippen LogP contribution in [0, 0.1) is 11.6 Å². The third kappa shape index (κ3) is 10.6. The van der Waals surface area contributed by atoms with E-state index in [1.807, 2.05) is 0 Å². The van der Waals surface area contributed by atoms with Crippen LogP contribution in [0.5, 0.6) is 11.5 Å². The van der Waals surface area contributed by atoms with Crippen LogP contribution in [0.2, 0.25) is 0 Å². The number of fused-ring (bicyclic) bond motifs is 1. The van der Waals surface area contributed by atoms with Gasteiger partial charge in [0.1, 0.15) is 17.7 Å². The summed E-state index contributed by atoms with van der Waals surface area (Å²) in [5, 5.41) is 15.6. The molecule has 0 saturated carbocycles. The summed E-state index contributed by atoms with van der Waals surface area (Å²) >= 11 is 0. The summed E-state index contributed by atoms with van der Waals surface area (Å²) in [4.78, 5) is 24.0. The van der Waals surface area contributed by atoms with Gasteiger partial charge in [-0.25, -0.2) is 18.4 Å². The lowest BCUT2D eigenvalue weighted by Crippen LogP contribution is -2.49. The summed E-state index contributed by atoms with van der Waals surface area (Å²) in [6.07, 6.45) is 3.43. The first-order valence-corrected chi connectivity index (χ1v) is 16.7. The van der Waals surface area contributed by atoms with Crippen LogP contribution in [0.15, 0.2) is 72.8 Å². The van der Waals surface area contributed by atoms with Crippen LogP contribution in [0.3, 0.4) is 0 Å². The van der Waals surface area contributed by atoms with E-state index in [9.17, 15) is 18.4 Å². The summed E-state index contributed by atoms with van der Waals surface area (Å²) in [6.45, 7) is 9.08. The van der Waals surface area contributed by atoms with Crippen LogP contribution in [0.4, 0.5) is 8.78 Å². The lowest BCUT2D eigenvalue weighted by Gasteiger charge is -2.41. The summed E-state index contributed by atoms with van der Waals surface area (Å²) in [7, 11) is 3.36. The number of hydrogen-bond acceptors (Lipinski definition) is 8. The van der Waals surface area contributed by atoms with Crippen molar-refractivity contribution in [3.8, 4) is 11.5 Å². The Kier molecular flexibility index (Phi) is 14.3. The maximum absolute atomic E-state index is 13.5. The Hall–Kier alpha value is -4.36. The Morgan fingerprint density at radius 2 is 1.34 bits per heavy atom. The fourth-order valence-corrected chi connectivity index (χ4v) is 6.34. The fraction of sp³-hybridized carbons (Fsp3) is 0.421. The van der Waals surface area contributed by atoms with Crippen molar-refractivity contribution in [1.82, 2.24) is 9.80 Å². The predicted molar refractivity (Wildman–Crippen MR) is 184 cm³/mol. The van der Waals surface area contributed by atoms with Crippen LogP contribution in [0.25, 0.3) is 0 Å². The lowest BCUT2D eigenvalue weighted by molar-refractivity contribution is -0.134. The molecule has 1 saturated heterocycles. The van der Waals surface area contributed by atoms with E-state index in [1.165, 1.54) is 35.4 Å². The van der Waals surface area contributed by atoms with Crippen LogP contribution in [-0.2, 0) is 31.1 Å². The Labute approximate surface area is 291 Å². The second-order valence-corrected chi connectivity index (χ2v) is 12.1. The Morgan fingerprint density at radius 3 is 1.82 bits per heavy atom. The molecular formula is C38H46F2N2O8. The molecule has 0 bridgehead atoms. The van der Waals surface area contributed by atoms with Crippen molar-refractivity contribution in [2.75, 3.05) is 66.7 Å². The zero-order valence-corrected chi connectivity index (χ0v) is 28.8. The first-order chi connectivity index (χ1) is 24.1. The average molecular weight is 697 g/mol. The Bertz CT molecular complexity index is 1520. The Morgan fingerprint density at radius 1 is 0.840 bits per heavy atom. The van der Waals surface area contributed by atoms with Gasteiger partial charge in [-0.1, -0.05) is 31.2 Å². The monoisotopic (exact) mass is 696 g/mol. The van der Waals surface area contributed by atoms with Gasteiger partial charge in [-0.2, -0.15) is 0 Å². The average Bonchev–Trinajstić information content (AvgIpc) is 3.12. The number of hydrogen-bond donors (Lipinski definition) is 2. The molecule has 2 N–H and O–H groups in total. The van der Waals surface area contributed by atoms with E-state index < -0.39 is 11.9 Å². The summed E-state index contributed by atoms with van der Waals surface area (Å²) in [6, 6.07) is 16.9. The van der Waals surface area contributed by atoms with Crippen LogP contribution >= 0.6 is 0 Å². The van der Waals surface area contributed by atoms with E-state index in [-0.39, 0.29) is 23.3 Å². The van der Waals surface area contributed by atoms with Crippen molar-refractivity contribution in [2.24, 2.45) is 0 Å². The third-order valence-electron chi connectivity index (χ3n) is 9.12. The number of methoxy groups -OCH3 is 2. The number of carboxylic acid groups (broad SMARTS) is 2. The smallest absolute Gasteiger partial charge is 0.328 e. The zero-order valence-electron chi connectivity index (χ0n) is 28.8. The molecule has 0 amide bonds. The highest BCUT2D eigenvalue weighted by Crippen LogP contribution is 2.43. The van der Waals surface area contributed by atoms with E-state index >= 15 is 0 Å². The van der Waals surface area contributed by atoms with Crippen molar-refractivity contribution < 1.29 is 47.5 Å². The van der Waals surface area contributed by atoms with Gasteiger partial charge in [0.25, 0.3) is 0 Å². The van der Waals surface area contributed by atoms with Gasteiger partial charge in [-0.05, 0) is 77.9 Å². The number of carboxylic acids is 2.